The van der Waals surface area contributed by atoms with Gasteiger partial charge in [0.05, 0.1) is 13.2 Å². The molecule has 2 aliphatic heterocycles. The molecule has 0 aliphatic carbocycles. The van der Waals surface area contributed by atoms with Crippen molar-refractivity contribution in [3.8, 4) is 5.75 Å². The van der Waals surface area contributed by atoms with Crippen LogP contribution in [0.15, 0.2) is 24.3 Å². The van der Waals surface area contributed by atoms with Crippen LogP contribution in [0.2, 0.25) is 0 Å². The molecule has 2 aromatic rings. The molecule has 0 radical (unpaired) electrons. The Morgan fingerprint density at radius 3 is 2.89 bits per heavy atom. The fourth-order valence-electron chi connectivity index (χ4n) is 4.12. The zero-order valence-electron chi connectivity index (χ0n) is 16.2. The lowest BCUT2D eigenvalue weighted by molar-refractivity contribution is 0.0931. The first-order valence-corrected chi connectivity index (χ1v) is 9.70. The first-order chi connectivity index (χ1) is 13.3. The Labute approximate surface area is 171 Å². The molecule has 0 spiro atoms. The summed E-state index contributed by atoms with van der Waals surface area (Å²) in [7, 11) is 1.70. The number of H-pyrrole nitrogens is 1. The van der Waals surface area contributed by atoms with Crippen LogP contribution in [0.3, 0.4) is 0 Å². The number of halogens is 1. The number of methoxy groups -OCH3 is 1. The number of nitrogens with one attached hydrogen (secondary N) is 3. The predicted octanol–water partition coefficient (Wildman–Crippen LogP) is 2.05. The van der Waals surface area contributed by atoms with E-state index in [1.165, 1.54) is 12.8 Å². The van der Waals surface area contributed by atoms with Crippen molar-refractivity contribution in [3.63, 3.8) is 0 Å². The highest BCUT2D eigenvalue weighted by Gasteiger charge is 2.28. The van der Waals surface area contributed by atoms with Crippen LogP contribution < -0.4 is 15.4 Å². The van der Waals surface area contributed by atoms with Crippen molar-refractivity contribution in [2.75, 3.05) is 33.3 Å². The van der Waals surface area contributed by atoms with E-state index < -0.39 is 0 Å². The smallest absolute Gasteiger partial charge is 0.272 e. The molecule has 7 nitrogen and oxygen atoms in total. The number of hydrogen-bond donors (Lipinski definition) is 3. The van der Waals surface area contributed by atoms with Crippen molar-refractivity contribution in [3.05, 3.63) is 46.8 Å². The Hall–Kier alpha value is -2.09. The summed E-state index contributed by atoms with van der Waals surface area (Å²) in [6.45, 7) is 4.23. The number of carbonyl (C=O) groups is 1. The lowest BCUT2D eigenvalue weighted by atomic mass is 10.0. The Kier molecular flexibility index (Phi) is 6.93. The van der Waals surface area contributed by atoms with Crippen LogP contribution in [-0.4, -0.2) is 54.3 Å². The monoisotopic (exact) mass is 405 g/mol. The number of likely N-dealkylation sites (tertiary alicyclic amines) is 1. The molecular formula is C20H28ClN5O2. The molecule has 1 aromatic heterocycles. The van der Waals surface area contributed by atoms with Gasteiger partial charge in [0.25, 0.3) is 5.91 Å². The maximum absolute atomic E-state index is 12.8. The van der Waals surface area contributed by atoms with Gasteiger partial charge in [-0.15, -0.1) is 12.4 Å². The second-order valence-electron chi connectivity index (χ2n) is 7.17. The van der Waals surface area contributed by atoms with Gasteiger partial charge in [-0.05, 0) is 32.0 Å². The predicted molar refractivity (Wildman–Crippen MR) is 110 cm³/mol. The van der Waals surface area contributed by atoms with E-state index in [1.807, 2.05) is 18.2 Å². The van der Waals surface area contributed by atoms with E-state index in [9.17, 15) is 4.79 Å². The lowest BCUT2D eigenvalue weighted by Crippen LogP contribution is -2.37. The first-order valence-electron chi connectivity index (χ1n) is 9.70. The van der Waals surface area contributed by atoms with Crippen LogP contribution in [0, 0.1) is 0 Å². The quantitative estimate of drug-likeness (QED) is 0.685. The van der Waals surface area contributed by atoms with Crippen LogP contribution in [0.25, 0.3) is 0 Å². The summed E-state index contributed by atoms with van der Waals surface area (Å²) < 4.78 is 5.57. The zero-order chi connectivity index (χ0) is 18.6. The molecule has 3 N–H and O–H groups in total. The molecule has 28 heavy (non-hydrogen) atoms. The SMILES string of the molecule is COc1ccccc1C(CNC(=O)c1n[nH]c2c1CNCC2)N1CCCC1.Cl. The van der Waals surface area contributed by atoms with Crippen molar-refractivity contribution >= 4 is 18.3 Å². The fraction of sp³-hybridized carbons (Fsp3) is 0.500. The van der Waals surface area contributed by atoms with E-state index in [4.69, 9.17) is 4.74 Å². The van der Waals surface area contributed by atoms with Gasteiger partial charge in [-0.2, -0.15) is 5.10 Å². The summed E-state index contributed by atoms with van der Waals surface area (Å²) in [5.41, 5.74) is 3.69. The summed E-state index contributed by atoms with van der Waals surface area (Å²) in [5.74, 6) is 0.750. The number of rotatable bonds is 6. The highest BCUT2D eigenvalue weighted by molar-refractivity contribution is 5.94. The molecule has 0 bridgehead atoms. The number of amides is 1. The first kappa shape index (κ1) is 20.6. The van der Waals surface area contributed by atoms with Crippen molar-refractivity contribution in [2.24, 2.45) is 0 Å². The number of aromatic nitrogens is 2. The minimum atomic E-state index is -0.115. The van der Waals surface area contributed by atoms with E-state index >= 15 is 0 Å². The molecule has 1 atom stereocenters. The topological polar surface area (TPSA) is 82.3 Å². The number of aromatic amines is 1. The van der Waals surface area contributed by atoms with Gasteiger partial charge >= 0.3 is 0 Å². The van der Waals surface area contributed by atoms with Crippen LogP contribution in [0.1, 0.15) is 46.2 Å². The summed E-state index contributed by atoms with van der Waals surface area (Å²) in [6.07, 6.45) is 3.27. The number of benzene rings is 1. The maximum atomic E-state index is 12.8. The Morgan fingerprint density at radius 2 is 2.11 bits per heavy atom. The van der Waals surface area contributed by atoms with Crippen LogP contribution in [0.4, 0.5) is 0 Å². The van der Waals surface area contributed by atoms with Crippen molar-refractivity contribution < 1.29 is 9.53 Å². The molecule has 8 heteroatoms. The number of fused-ring (bicyclic) bond motifs is 1. The van der Waals surface area contributed by atoms with Crippen molar-refractivity contribution in [2.45, 2.75) is 31.8 Å². The average Bonchev–Trinajstić information content (AvgIpc) is 3.38. The molecule has 1 fully saturated rings. The normalized spacial score (nSPS) is 17.5. The van der Waals surface area contributed by atoms with Crippen LogP contribution in [-0.2, 0) is 13.0 Å². The number of para-hydroxylation sites is 1. The number of hydrogen-bond acceptors (Lipinski definition) is 5. The van der Waals surface area contributed by atoms with Gasteiger partial charge in [0.15, 0.2) is 5.69 Å². The number of nitrogens with zero attached hydrogens (tertiary/aromatic N) is 2. The van der Waals surface area contributed by atoms with Crippen molar-refractivity contribution in [1.82, 2.24) is 25.7 Å². The van der Waals surface area contributed by atoms with Gasteiger partial charge in [0.1, 0.15) is 5.75 Å². The zero-order valence-corrected chi connectivity index (χ0v) is 17.0. The number of ether oxygens (including phenoxy) is 1. The molecule has 4 rings (SSSR count). The summed E-state index contributed by atoms with van der Waals surface area (Å²) >= 11 is 0. The highest BCUT2D eigenvalue weighted by atomic mass is 35.5. The lowest BCUT2D eigenvalue weighted by Gasteiger charge is -2.29. The second-order valence-corrected chi connectivity index (χ2v) is 7.17. The Balaban J connectivity index is 0.00000225. The van der Waals surface area contributed by atoms with Gasteiger partial charge in [0.2, 0.25) is 0 Å². The van der Waals surface area contributed by atoms with Gasteiger partial charge < -0.3 is 15.4 Å². The Bertz CT molecular complexity index is 804. The van der Waals surface area contributed by atoms with Gasteiger partial charge in [-0.3, -0.25) is 14.8 Å². The van der Waals surface area contributed by atoms with E-state index in [0.717, 1.165) is 48.6 Å². The molecule has 1 unspecified atom stereocenters. The standard InChI is InChI=1S/C20H27N5O2.ClH/c1-27-18-7-3-2-6-14(18)17(25-10-4-5-11-25)13-22-20(26)19-15-12-21-9-8-16(15)23-24-19;/h2-3,6-7,17,21H,4-5,8-13H2,1H3,(H,22,26)(H,23,24);1H. The fourth-order valence-corrected chi connectivity index (χ4v) is 4.12. The van der Waals surface area contributed by atoms with E-state index in [2.05, 4.69) is 31.8 Å². The average molecular weight is 406 g/mol. The molecule has 1 amide bonds. The van der Waals surface area contributed by atoms with Gasteiger partial charge in [-0.25, -0.2) is 0 Å². The van der Waals surface area contributed by atoms with E-state index in [0.29, 0.717) is 18.8 Å². The minimum Gasteiger partial charge on any atom is -0.496 e. The highest BCUT2D eigenvalue weighted by Crippen LogP contribution is 2.31. The summed E-state index contributed by atoms with van der Waals surface area (Å²) in [4.78, 5) is 15.2. The van der Waals surface area contributed by atoms with Gasteiger partial charge in [-0.1, -0.05) is 18.2 Å². The molecule has 1 saturated heterocycles. The van der Waals surface area contributed by atoms with Gasteiger partial charge in [0, 0.05) is 42.9 Å². The molecule has 0 saturated carbocycles. The Morgan fingerprint density at radius 1 is 1.32 bits per heavy atom. The largest absolute Gasteiger partial charge is 0.496 e. The molecule has 3 heterocycles. The van der Waals surface area contributed by atoms with Crippen LogP contribution >= 0.6 is 12.4 Å². The van der Waals surface area contributed by atoms with Crippen LogP contribution in [0.5, 0.6) is 5.75 Å². The second kappa shape index (κ2) is 9.41. The third-order valence-electron chi connectivity index (χ3n) is 5.56. The third kappa shape index (κ3) is 4.16. The third-order valence-corrected chi connectivity index (χ3v) is 5.56. The van der Waals surface area contributed by atoms with Crippen molar-refractivity contribution in [1.29, 1.82) is 0 Å². The molecule has 1 aromatic carbocycles. The molecule has 2 aliphatic rings. The molecule has 152 valence electrons. The van der Waals surface area contributed by atoms with E-state index in [1.54, 1.807) is 7.11 Å². The van der Waals surface area contributed by atoms with E-state index in [-0.39, 0.29) is 24.4 Å². The minimum absolute atomic E-state index is 0. The molecular weight excluding hydrogens is 378 g/mol. The summed E-state index contributed by atoms with van der Waals surface area (Å²) in [5, 5.41) is 13.7. The summed E-state index contributed by atoms with van der Waals surface area (Å²) in [6, 6.07) is 8.17. The maximum Gasteiger partial charge on any atom is 0.272 e. The number of carbonyl (C=O) groups excluding carboxylic acids is 1.